The first-order chi connectivity index (χ1) is 18.2. The second-order valence-corrected chi connectivity index (χ2v) is 12.0. The van der Waals surface area contributed by atoms with Gasteiger partial charge in [-0.2, -0.15) is 0 Å². The zero-order chi connectivity index (χ0) is 26.8. The number of benzene rings is 3. The van der Waals surface area contributed by atoms with Crippen LogP contribution in [0.1, 0.15) is 55.0 Å². The van der Waals surface area contributed by atoms with Gasteiger partial charge in [-0.15, -0.1) is 0 Å². The lowest BCUT2D eigenvalue weighted by atomic mass is 9.85. The first-order valence-corrected chi connectivity index (χ1v) is 14.4. The van der Waals surface area contributed by atoms with E-state index < -0.39 is 25.6 Å². The molecule has 0 unspecified atom stereocenters. The Morgan fingerprint density at radius 3 is 2.11 bits per heavy atom. The molecule has 3 aromatic rings. The van der Waals surface area contributed by atoms with Gasteiger partial charge >= 0.3 is 7.82 Å². The van der Waals surface area contributed by atoms with Crippen LogP contribution >= 0.6 is 7.82 Å². The molecule has 38 heavy (non-hydrogen) atoms. The lowest BCUT2D eigenvalue weighted by Crippen LogP contribution is -2.54. The Balaban J connectivity index is 1.50. The van der Waals surface area contributed by atoms with Crippen LogP contribution in [0.25, 0.3) is 0 Å². The maximum absolute atomic E-state index is 14.3. The van der Waals surface area contributed by atoms with Gasteiger partial charge in [-0.3, -0.25) is 18.4 Å². The Labute approximate surface area is 224 Å². The van der Waals surface area contributed by atoms with Gasteiger partial charge in [0.2, 0.25) is 5.91 Å². The van der Waals surface area contributed by atoms with Crippen molar-refractivity contribution in [3.8, 4) is 5.75 Å². The van der Waals surface area contributed by atoms with Gasteiger partial charge in [0.25, 0.3) is 0 Å². The minimum Gasteiger partial charge on any atom is -0.485 e. The van der Waals surface area contributed by atoms with Crippen molar-refractivity contribution >= 4 is 13.7 Å². The van der Waals surface area contributed by atoms with E-state index >= 15 is 0 Å². The largest absolute Gasteiger partial charge is 0.485 e. The molecule has 0 N–H and O–H groups in total. The van der Waals surface area contributed by atoms with Gasteiger partial charge in [0.15, 0.2) is 0 Å². The number of likely N-dealkylation sites (tertiary alicyclic amines) is 1. The number of carbonyl (C=O) groups excluding carboxylic acids is 1. The van der Waals surface area contributed by atoms with Gasteiger partial charge in [-0.1, -0.05) is 78.4 Å². The third-order valence-corrected chi connectivity index (χ3v) is 8.36. The number of amides is 1. The molecule has 0 aliphatic carbocycles. The SMILES string of the molecule is Cc1ccc2c(c1)[C@@H](N1CCCC1=O)[C@H](OP(=O)(OCc1ccccc1)OCc1ccccc1)C(C)(C)O2. The molecule has 0 spiro atoms. The molecule has 1 fully saturated rings. The maximum atomic E-state index is 14.3. The molecule has 3 aromatic carbocycles. The van der Waals surface area contributed by atoms with E-state index in [9.17, 15) is 9.36 Å². The summed E-state index contributed by atoms with van der Waals surface area (Å²) in [6.45, 7) is 6.44. The van der Waals surface area contributed by atoms with Crippen LogP contribution in [-0.2, 0) is 36.1 Å². The number of fused-ring (bicyclic) bond motifs is 1. The van der Waals surface area contributed by atoms with Gasteiger partial charge in [-0.05, 0) is 44.4 Å². The van der Waals surface area contributed by atoms with E-state index in [1.807, 2.05) is 105 Å². The van der Waals surface area contributed by atoms with E-state index in [0.717, 1.165) is 28.7 Å². The molecular weight excluding hydrogens is 501 g/mol. The Kier molecular flexibility index (Phi) is 7.73. The second-order valence-electron chi connectivity index (χ2n) is 10.4. The van der Waals surface area contributed by atoms with Crippen LogP contribution in [0.5, 0.6) is 5.75 Å². The first kappa shape index (κ1) is 26.6. The maximum Gasteiger partial charge on any atom is 0.475 e. The predicted octanol–water partition coefficient (Wildman–Crippen LogP) is 6.76. The van der Waals surface area contributed by atoms with Crippen LogP contribution in [-0.4, -0.2) is 29.1 Å². The van der Waals surface area contributed by atoms with E-state index in [-0.39, 0.29) is 19.1 Å². The molecule has 5 rings (SSSR count). The fraction of sp³-hybridized carbons (Fsp3) is 0.367. The summed E-state index contributed by atoms with van der Waals surface area (Å²) in [5.41, 5.74) is 2.61. The van der Waals surface area contributed by atoms with Crippen LogP contribution in [0.4, 0.5) is 0 Å². The molecule has 1 amide bonds. The molecule has 0 saturated carbocycles. The molecule has 2 atom stereocenters. The van der Waals surface area contributed by atoms with E-state index in [2.05, 4.69) is 0 Å². The molecule has 0 aromatic heterocycles. The summed E-state index contributed by atoms with van der Waals surface area (Å²) in [7, 11) is -4.14. The zero-order valence-corrected chi connectivity index (χ0v) is 22.9. The van der Waals surface area contributed by atoms with Crippen molar-refractivity contribution in [2.24, 2.45) is 0 Å². The Bertz CT molecular complexity index is 1270. The molecule has 7 nitrogen and oxygen atoms in total. The van der Waals surface area contributed by atoms with E-state index in [0.29, 0.717) is 18.7 Å². The molecule has 2 aliphatic heterocycles. The molecule has 0 bridgehead atoms. The molecule has 2 heterocycles. The summed E-state index contributed by atoms with van der Waals surface area (Å²) in [4.78, 5) is 14.8. The van der Waals surface area contributed by atoms with Gasteiger partial charge < -0.3 is 9.64 Å². The third kappa shape index (κ3) is 5.87. The smallest absolute Gasteiger partial charge is 0.475 e. The normalized spacial score (nSPS) is 20.7. The van der Waals surface area contributed by atoms with Crippen molar-refractivity contribution in [1.82, 2.24) is 4.90 Å². The minimum atomic E-state index is -4.14. The van der Waals surface area contributed by atoms with Crippen LogP contribution in [0.2, 0.25) is 0 Å². The number of hydrogen-bond donors (Lipinski definition) is 0. The molecular formula is C30H34NO6P. The lowest BCUT2D eigenvalue weighted by molar-refractivity contribution is -0.139. The number of nitrogens with zero attached hydrogens (tertiary/aromatic N) is 1. The van der Waals surface area contributed by atoms with Gasteiger partial charge in [0, 0.05) is 18.5 Å². The highest BCUT2D eigenvalue weighted by molar-refractivity contribution is 7.48. The fourth-order valence-corrected chi connectivity index (χ4v) is 6.51. The number of rotatable bonds is 9. The van der Waals surface area contributed by atoms with Crippen molar-refractivity contribution in [3.63, 3.8) is 0 Å². The number of carbonyl (C=O) groups is 1. The highest BCUT2D eigenvalue weighted by atomic mass is 31.2. The quantitative estimate of drug-likeness (QED) is 0.282. The van der Waals surface area contributed by atoms with Gasteiger partial charge in [-0.25, -0.2) is 4.57 Å². The zero-order valence-electron chi connectivity index (χ0n) is 22.0. The van der Waals surface area contributed by atoms with Crippen LogP contribution in [0.3, 0.4) is 0 Å². The third-order valence-electron chi connectivity index (χ3n) is 6.98. The average Bonchev–Trinajstić information content (AvgIpc) is 3.33. The summed E-state index contributed by atoms with van der Waals surface area (Å²) in [5, 5.41) is 0. The van der Waals surface area contributed by atoms with Gasteiger partial charge in [0.05, 0.1) is 19.3 Å². The first-order valence-electron chi connectivity index (χ1n) is 13.0. The molecule has 200 valence electrons. The summed E-state index contributed by atoms with van der Waals surface area (Å²) in [5.74, 6) is 0.731. The van der Waals surface area contributed by atoms with Crippen molar-refractivity contribution < 1.29 is 27.7 Å². The highest BCUT2D eigenvalue weighted by Crippen LogP contribution is 2.57. The summed E-state index contributed by atoms with van der Waals surface area (Å²) in [6.07, 6.45) is 0.423. The molecule has 1 saturated heterocycles. The predicted molar refractivity (Wildman–Crippen MR) is 145 cm³/mol. The number of ether oxygens (including phenoxy) is 1. The van der Waals surface area contributed by atoms with Crippen LogP contribution in [0.15, 0.2) is 78.9 Å². The molecule has 0 radical (unpaired) electrons. The molecule has 2 aliphatic rings. The van der Waals surface area contributed by atoms with E-state index in [4.69, 9.17) is 18.3 Å². The summed E-state index contributed by atoms with van der Waals surface area (Å²) in [6, 6.07) is 24.3. The van der Waals surface area contributed by atoms with Crippen molar-refractivity contribution in [3.05, 3.63) is 101 Å². The second kappa shape index (κ2) is 11.0. The van der Waals surface area contributed by atoms with Crippen molar-refractivity contribution in [2.45, 2.75) is 64.6 Å². The van der Waals surface area contributed by atoms with Crippen LogP contribution in [0, 0.1) is 6.92 Å². The fourth-order valence-electron chi connectivity index (χ4n) is 5.05. The number of aryl methyl sites for hydroxylation is 1. The van der Waals surface area contributed by atoms with Crippen molar-refractivity contribution in [1.29, 1.82) is 0 Å². The molecule has 8 heteroatoms. The Morgan fingerprint density at radius 1 is 0.947 bits per heavy atom. The highest BCUT2D eigenvalue weighted by Gasteiger charge is 2.52. The lowest BCUT2D eigenvalue weighted by Gasteiger charge is -2.47. The van der Waals surface area contributed by atoms with E-state index in [1.165, 1.54) is 0 Å². The topological polar surface area (TPSA) is 74.3 Å². The van der Waals surface area contributed by atoms with Crippen LogP contribution < -0.4 is 4.74 Å². The Morgan fingerprint density at radius 2 is 1.55 bits per heavy atom. The average molecular weight is 536 g/mol. The Hall–Kier alpha value is -2.96. The summed E-state index contributed by atoms with van der Waals surface area (Å²) < 4.78 is 39.0. The number of phosphoric ester groups is 1. The minimum absolute atomic E-state index is 0.0407. The summed E-state index contributed by atoms with van der Waals surface area (Å²) >= 11 is 0. The van der Waals surface area contributed by atoms with E-state index in [1.54, 1.807) is 0 Å². The van der Waals surface area contributed by atoms with Crippen molar-refractivity contribution in [2.75, 3.05) is 6.54 Å². The van der Waals surface area contributed by atoms with Gasteiger partial charge in [0.1, 0.15) is 17.5 Å². The monoisotopic (exact) mass is 535 g/mol. The number of hydrogen-bond acceptors (Lipinski definition) is 6. The standard InChI is InChI=1S/C30H34NO6P/c1-22-16-17-26-25(19-22)28(31-18-10-15-27(31)32)29(30(2,3)36-26)37-38(33,34-20-23-11-6-4-7-12-23)35-21-24-13-8-5-9-14-24/h4-9,11-14,16-17,19,28-29H,10,15,18,20-21H2,1-3H3/t28-,29+/m1/s1. The number of phosphoric acid groups is 1.